The number of carbonyl (C=O) groups excluding carboxylic acids is 2. The molecule has 23 heavy (non-hydrogen) atoms. The molecular formula is C15H14BrN3O3S. The van der Waals surface area contributed by atoms with Gasteiger partial charge in [-0.1, -0.05) is 27.7 Å². The number of nitrogens with two attached hydrogens (primary N) is 1. The number of carbonyl (C=O) groups is 2. The number of halogens is 1. The number of pyridine rings is 1. The third-order valence-corrected chi connectivity index (χ3v) is 4.46. The van der Waals surface area contributed by atoms with Crippen LogP contribution in [0.15, 0.2) is 44.6 Å². The smallest absolute Gasteiger partial charge is 0.251 e. The first kappa shape index (κ1) is 17.3. The molecule has 4 N–H and O–H groups in total. The molecule has 0 aliphatic heterocycles. The average Bonchev–Trinajstić information content (AvgIpc) is 2.46. The predicted octanol–water partition coefficient (Wildman–Crippen LogP) is 2.28. The molecule has 2 rings (SSSR count). The van der Waals surface area contributed by atoms with Gasteiger partial charge in [0.2, 0.25) is 11.5 Å². The van der Waals surface area contributed by atoms with E-state index in [4.69, 9.17) is 5.73 Å². The number of anilines is 1. The van der Waals surface area contributed by atoms with Gasteiger partial charge >= 0.3 is 0 Å². The molecule has 6 nitrogen and oxygen atoms in total. The van der Waals surface area contributed by atoms with E-state index in [1.807, 2.05) is 12.1 Å². The summed E-state index contributed by atoms with van der Waals surface area (Å²) in [5.74, 6) is -0.861. The van der Waals surface area contributed by atoms with Gasteiger partial charge in [0, 0.05) is 16.2 Å². The van der Waals surface area contributed by atoms with E-state index in [-0.39, 0.29) is 22.8 Å². The Morgan fingerprint density at radius 2 is 1.96 bits per heavy atom. The van der Waals surface area contributed by atoms with Crippen molar-refractivity contribution in [2.45, 2.75) is 11.9 Å². The van der Waals surface area contributed by atoms with Gasteiger partial charge in [-0.05, 0) is 36.8 Å². The summed E-state index contributed by atoms with van der Waals surface area (Å²) < 4.78 is 0.910. The zero-order valence-corrected chi connectivity index (χ0v) is 14.6. The number of aromatic nitrogens is 1. The Hall–Kier alpha value is -2.06. The zero-order chi connectivity index (χ0) is 17.0. The Kier molecular flexibility index (Phi) is 5.62. The molecule has 0 fully saturated rings. The summed E-state index contributed by atoms with van der Waals surface area (Å²) >= 11 is 4.37. The van der Waals surface area contributed by atoms with E-state index in [9.17, 15) is 14.4 Å². The lowest BCUT2D eigenvalue weighted by Gasteiger charge is -2.09. The molecule has 1 aromatic carbocycles. The van der Waals surface area contributed by atoms with Crippen molar-refractivity contribution in [3.8, 4) is 0 Å². The average molecular weight is 396 g/mol. The van der Waals surface area contributed by atoms with Gasteiger partial charge in [0.15, 0.2) is 0 Å². The highest BCUT2D eigenvalue weighted by atomic mass is 79.9. The topological polar surface area (TPSA) is 105 Å². The zero-order valence-electron chi connectivity index (χ0n) is 12.2. The molecule has 2 amide bonds. The lowest BCUT2D eigenvalue weighted by Crippen LogP contribution is -2.20. The first-order valence-electron chi connectivity index (χ1n) is 6.59. The summed E-state index contributed by atoms with van der Waals surface area (Å²) in [7, 11) is 0. The van der Waals surface area contributed by atoms with E-state index in [1.54, 1.807) is 19.1 Å². The second-order valence-corrected chi connectivity index (χ2v) is 6.63. The molecular weight excluding hydrogens is 382 g/mol. The molecule has 1 aromatic heterocycles. The normalized spacial score (nSPS) is 10.3. The molecule has 0 aliphatic rings. The van der Waals surface area contributed by atoms with Crippen LogP contribution in [-0.2, 0) is 4.79 Å². The quantitative estimate of drug-likeness (QED) is 0.675. The molecule has 0 unspecified atom stereocenters. The highest BCUT2D eigenvalue weighted by Crippen LogP contribution is 2.22. The molecule has 0 spiro atoms. The van der Waals surface area contributed by atoms with Crippen LogP contribution in [0, 0.1) is 6.92 Å². The minimum atomic E-state index is -0.644. The minimum absolute atomic E-state index is 0.0374. The number of thioether (sulfide) groups is 1. The fourth-order valence-corrected chi connectivity index (χ4v) is 3.13. The van der Waals surface area contributed by atoms with Gasteiger partial charge in [0.25, 0.3) is 5.91 Å². The van der Waals surface area contributed by atoms with Crippen LogP contribution in [0.2, 0.25) is 0 Å². The van der Waals surface area contributed by atoms with Gasteiger partial charge in [-0.3, -0.25) is 14.4 Å². The highest BCUT2D eigenvalue weighted by Gasteiger charge is 2.15. The molecule has 0 bridgehead atoms. The van der Waals surface area contributed by atoms with Crippen molar-refractivity contribution in [1.29, 1.82) is 0 Å². The van der Waals surface area contributed by atoms with Crippen molar-refractivity contribution in [3.63, 3.8) is 0 Å². The Morgan fingerprint density at radius 3 is 2.57 bits per heavy atom. The molecule has 0 atom stereocenters. The Balaban J connectivity index is 2.08. The first-order chi connectivity index (χ1) is 10.9. The number of aryl methyl sites for hydroxylation is 1. The van der Waals surface area contributed by atoms with E-state index in [0.717, 1.165) is 16.2 Å². The van der Waals surface area contributed by atoms with Crippen molar-refractivity contribution < 1.29 is 9.59 Å². The molecule has 0 aliphatic carbocycles. The lowest BCUT2D eigenvalue weighted by atomic mass is 10.1. The minimum Gasteiger partial charge on any atom is -0.366 e. The van der Waals surface area contributed by atoms with Crippen LogP contribution in [0.4, 0.5) is 5.69 Å². The summed E-state index contributed by atoms with van der Waals surface area (Å²) in [6.45, 7) is 1.63. The van der Waals surface area contributed by atoms with E-state index in [0.29, 0.717) is 16.3 Å². The summed E-state index contributed by atoms with van der Waals surface area (Å²) in [5, 5.41) is 3.03. The van der Waals surface area contributed by atoms with Crippen molar-refractivity contribution in [2.75, 3.05) is 11.1 Å². The van der Waals surface area contributed by atoms with Crippen LogP contribution in [0.3, 0.4) is 0 Å². The molecule has 8 heteroatoms. The van der Waals surface area contributed by atoms with Crippen LogP contribution in [0.1, 0.15) is 15.9 Å². The number of hydrogen-bond acceptors (Lipinski definition) is 4. The van der Waals surface area contributed by atoms with Crippen molar-refractivity contribution in [1.82, 2.24) is 4.98 Å². The fourth-order valence-electron chi connectivity index (χ4n) is 1.94. The third kappa shape index (κ3) is 4.70. The number of benzene rings is 1. The summed E-state index contributed by atoms with van der Waals surface area (Å²) in [4.78, 5) is 37.5. The van der Waals surface area contributed by atoms with Gasteiger partial charge in [-0.25, -0.2) is 0 Å². The van der Waals surface area contributed by atoms with Gasteiger partial charge in [-0.2, -0.15) is 0 Å². The molecule has 2 aromatic rings. The maximum Gasteiger partial charge on any atom is 0.251 e. The molecule has 0 saturated carbocycles. The van der Waals surface area contributed by atoms with Crippen molar-refractivity contribution in [3.05, 3.63) is 56.3 Å². The molecule has 120 valence electrons. The van der Waals surface area contributed by atoms with Gasteiger partial charge in [-0.15, -0.1) is 0 Å². The van der Waals surface area contributed by atoms with Crippen LogP contribution in [0.5, 0.6) is 0 Å². The standard InChI is InChI=1S/C15H14BrN3O3S/c1-8-6-11(20)19-15(13(8)14(17)22)23-7-12(21)18-10-4-2-9(16)3-5-10/h2-6H,7H2,1H3,(H2,17,22)(H,18,21)(H,19,20). The van der Waals surface area contributed by atoms with Crippen LogP contribution >= 0.6 is 27.7 Å². The monoisotopic (exact) mass is 395 g/mol. The van der Waals surface area contributed by atoms with E-state index in [1.165, 1.54) is 6.07 Å². The van der Waals surface area contributed by atoms with Crippen LogP contribution in [0.25, 0.3) is 0 Å². The largest absolute Gasteiger partial charge is 0.366 e. The van der Waals surface area contributed by atoms with E-state index >= 15 is 0 Å². The second kappa shape index (κ2) is 7.47. The molecule has 0 radical (unpaired) electrons. The SMILES string of the molecule is Cc1cc(=O)[nH]c(SCC(=O)Nc2ccc(Br)cc2)c1C(N)=O. The Bertz CT molecular complexity index is 803. The highest BCUT2D eigenvalue weighted by molar-refractivity contribution is 9.10. The van der Waals surface area contributed by atoms with E-state index < -0.39 is 5.91 Å². The number of aromatic amines is 1. The van der Waals surface area contributed by atoms with Crippen LogP contribution < -0.4 is 16.6 Å². The number of H-pyrrole nitrogens is 1. The van der Waals surface area contributed by atoms with Gasteiger partial charge in [0.05, 0.1) is 16.3 Å². The van der Waals surface area contributed by atoms with Crippen molar-refractivity contribution in [2.24, 2.45) is 5.73 Å². The van der Waals surface area contributed by atoms with E-state index in [2.05, 4.69) is 26.2 Å². The lowest BCUT2D eigenvalue weighted by molar-refractivity contribution is -0.113. The third-order valence-electron chi connectivity index (χ3n) is 2.93. The number of primary amides is 1. The maximum atomic E-state index is 12.0. The summed E-state index contributed by atoms with van der Waals surface area (Å²) in [5.41, 5.74) is 6.36. The predicted molar refractivity (Wildman–Crippen MR) is 93.8 cm³/mol. The Morgan fingerprint density at radius 1 is 1.30 bits per heavy atom. The number of amides is 2. The fraction of sp³-hybridized carbons (Fsp3) is 0.133. The second-order valence-electron chi connectivity index (χ2n) is 4.73. The Labute approximate surface area is 145 Å². The summed E-state index contributed by atoms with van der Waals surface area (Å²) in [6.07, 6.45) is 0. The van der Waals surface area contributed by atoms with Gasteiger partial charge < -0.3 is 16.0 Å². The van der Waals surface area contributed by atoms with Gasteiger partial charge in [0.1, 0.15) is 0 Å². The summed E-state index contributed by atoms with van der Waals surface area (Å²) in [6, 6.07) is 8.44. The number of rotatable bonds is 5. The van der Waals surface area contributed by atoms with Crippen molar-refractivity contribution >= 4 is 45.2 Å². The maximum absolute atomic E-state index is 12.0. The molecule has 0 saturated heterocycles. The number of nitrogens with one attached hydrogen (secondary N) is 2. The molecule has 1 heterocycles. The first-order valence-corrected chi connectivity index (χ1v) is 8.36. The van der Waals surface area contributed by atoms with Crippen LogP contribution in [-0.4, -0.2) is 22.6 Å². The number of hydrogen-bond donors (Lipinski definition) is 3.